The molecule has 116 valence electrons. The molecule has 0 spiro atoms. The van der Waals surface area contributed by atoms with E-state index in [4.69, 9.17) is 14.2 Å². The van der Waals surface area contributed by atoms with Crippen molar-refractivity contribution in [2.75, 3.05) is 34.4 Å². The summed E-state index contributed by atoms with van der Waals surface area (Å²) in [5.41, 5.74) is 0.857. The van der Waals surface area contributed by atoms with E-state index in [0.29, 0.717) is 6.42 Å². The van der Waals surface area contributed by atoms with Gasteiger partial charge < -0.3 is 19.1 Å². The lowest BCUT2D eigenvalue weighted by atomic mass is 10.1. The van der Waals surface area contributed by atoms with Crippen LogP contribution in [0.25, 0.3) is 0 Å². The molecule has 1 heterocycles. The Morgan fingerprint density at radius 3 is 2.48 bits per heavy atom. The largest absolute Gasteiger partial charge is 0.497 e. The van der Waals surface area contributed by atoms with E-state index in [1.165, 1.54) is 0 Å². The summed E-state index contributed by atoms with van der Waals surface area (Å²) in [7, 11) is 4.95. The Morgan fingerprint density at radius 2 is 1.90 bits per heavy atom. The minimum atomic E-state index is 0.121. The fraction of sp³-hybridized carbons (Fsp3) is 0.562. The monoisotopic (exact) mass is 293 g/mol. The molecule has 1 aromatic carbocycles. The first kappa shape index (κ1) is 15.6. The average molecular weight is 293 g/mol. The van der Waals surface area contributed by atoms with Crippen molar-refractivity contribution < 1.29 is 19.0 Å². The molecular formula is C16H23NO4. The summed E-state index contributed by atoms with van der Waals surface area (Å²) in [6, 6.07) is 5.52. The number of methoxy groups -OCH3 is 3. The van der Waals surface area contributed by atoms with Crippen LogP contribution in [0, 0.1) is 0 Å². The summed E-state index contributed by atoms with van der Waals surface area (Å²) in [4.78, 5) is 14.3. The average Bonchev–Trinajstić information content (AvgIpc) is 2.54. The van der Waals surface area contributed by atoms with Crippen LogP contribution in [-0.2, 0) is 16.0 Å². The Hall–Kier alpha value is -1.75. The van der Waals surface area contributed by atoms with Crippen molar-refractivity contribution in [1.82, 2.24) is 4.90 Å². The SMILES string of the molecule is COc1ccc(OC)c(CC(=O)N2CCC(OC)CC2)c1. The highest BCUT2D eigenvalue weighted by Crippen LogP contribution is 2.25. The molecule has 2 rings (SSSR count). The minimum absolute atomic E-state index is 0.121. The van der Waals surface area contributed by atoms with Gasteiger partial charge in [-0.1, -0.05) is 0 Å². The zero-order valence-electron chi connectivity index (χ0n) is 12.9. The second-order valence-corrected chi connectivity index (χ2v) is 5.17. The highest BCUT2D eigenvalue weighted by Gasteiger charge is 2.23. The minimum Gasteiger partial charge on any atom is -0.497 e. The van der Waals surface area contributed by atoms with Crippen LogP contribution in [0.3, 0.4) is 0 Å². The number of rotatable bonds is 5. The summed E-state index contributed by atoms with van der Waals surface area (Å²) < 4.78 is 15.9. The normalized spacial score (nSPS) is 15.9. The van der Waals surface area contributed by atoms with Crippen LogP contribution in [-0.4, -0.2) is 51.3 Å². The Labute approximate surface area is 125 Å². The van der Waals surface area contributed by atoms with Crippen LogP contribution in [0.2, 0.25) is 0 Å². The van der Waals surface area contributed by atoms with Crippen molar-refractivity contribution in [1.29, 1.82) is 0 Å². The first-order chi connectivity index (χ1) is 10.2. The van der Waals surface area contributed by atoms with Crippen LogP contribution in [0.4, 0.5) is 0 Å². The van der Waals surface area contributed by atoms with Gasteiger partial charge in [0.25, 0.3) is 0 Å². The number of nitrogens with zero attached hydrogens (tertiary/aromatic N) is 1. The first-order valence-electron chi connectivity index (χ1n) is 7.19. The molecule has 0 unspecified atom stereocenters. The van der Waals surface area contributed by atoms with Crippen LogP contribution in [0.1, 0.15) is 18.4 Å². The highest BCUT2D eigenvalue weighted by atomic mass is 16.5. The predicted molar refractivity (Wildman–Crippen MR) is 79.9 cm³/mol. The van der Waals surface area contributed by atoms with Crippen molar-refractivity contribution in [3.63, 3.8) is 0 Å². The van der Waals surface area contributed by atoms with Crippen molar-refractivity contribution in [3.05, 3.63) is 23.8 Å². The Balaban J connectivity index is 2.02. The van der Waals surface area contributed by atoms with Gasteiger partial charge in [0.1, 0.15) is 11.5 Å². The maximum absolute atomic E-state index is 12.4. The van der Waals surface area contributed by atoms with Gasteiger partial charge in [0.05, 0.1) is 26.7 Å². The molecule has 1 aliphatic rings. The van der Waals surface area contributed by atoms with Crippen molar-refractivity contribution >= 4 is 5.91 Å². The van der Waals surface area contributed by atoms with Gasteiger partial charge in [-0.15, -0.1) is 0 Å². The van der Waals surface area contributed by atoms with Gasteiger partial charge >= 0.3 is 0 Å². The fourth-order valence-electron chi connectivity index (χ4n) is 2.64. The molecular weight excluding hydrogens is 270 g/mol. The van der Waals surface area contributed by atoms with E-state index in [-0.39, 0.29) is 12.0 Å². The van der Waals surface area contributed by atoms with E-state index in [1.54, 1.807) is 21.3 Å². The van der Waals surface area contributed by atoms with Crippen molar-refractivity contribution in [2.24, 2.45) is 0 Å². The second kappa shape index (κ2) is 7.31. The van der Waals surface area contributed by atoms with E-state index in [2.05, 4.69) is 0 Å². The molecule has 0 aliphatic carbocycles. The molecule has 1 aromatic rings. The van der Waals surface area contributed by atoms with Gasteiger partial charge in [-0.25, -0.2) is 0 Å². The number of ether oxygens (including phenoxy) is 3. The predicted octanol–water partition coefficient (Wildman–Crippen LogP) is 1.88. The summed E-state index contributed by atoms with van der Waals surface area (Å²) >= 11 is 0. The first-order valence-corrected chi connectivity index (χ1v) is 7.19. The summed E-state index contributed by atoms with van der Waals surface area (Å²) in [5.74, 6) is 1.57. The Bertz CT molecular complexity index is 481. The number of likely N-dealkylation sites (tertiary alicyclic amines) is 1. The fourth-order valence-corrected chi connectivity index (χ4v) is 2.64. The van der Waals surface area contributed by atoms with Crippen molar-refractivity contribution in [2.45, 2.75) is 25.4 Å². The third kappa shape index (κ3) is 3.88. The number of carbonyl (C=O) groups excluding carboxylic acids is 1. The zero-order valence-corrected chi connectivity index (χ0v) is 12.9. The molecule has 0 radical (unpaired) electrons. The standard InChI is InChI=1S/C16H23NO4/c1-19-13-6-8-17(9-7-13)16(18)11-12-10-14(20-2)4-5-15(12)21-3/h4-5,10,13H,6-9,11H2,1-3H3. The summed E-state index contributed by atoms with van der Waals surface area (Å²) in [5, 5.41) is 0. The maximum Gasteiger partial charge on any atom is 0.227 e. The number of hydrogen-bond donors (Lipinski definition) is 0. The maximum atomic E-state index is 12.4. The molecule has 0 bridgehead atoms. The molecule has 1 amide bonds. The van der Waals surface area contributed by atoms with E-state index in [1.807, 2.05) is 23.1 Å². The second-order valence-electron chi connectivity index (χ2n) is 5.17. The smallest absolute Gasteiger partial charge is 0.227 e. The summed E-state index contributed by atoms with van der Waals surface area (Å²) in [6.45, 7) is 1.51. The summed E-state index contributed by atoms with van der Waals surface area (Å²) in [6.07, 6.45) is 2.41. The van der Waals surface area contributed by atoms with Gasteiger partial charge in [0.15, 0.2) is 0 Å². The topological polar surface area (TPSA) is 48.0 Å². The number of carbonyl (C=O) groups is 1. The van der Waals surface area contributed by atoms with E-state index < -0.39 is 0 Å². The lowest BCUT2D eigenvalue weighted by Gasteiger charge is -2.31. The molecule has 5 nitrogen and oxygen atoms in total. The molecule has 0 aromatic heterocycles. The number of amides is 1. The van der Waals surface area contributed by atoms with E-state index in [9.17, 15) is 4.79 Å². The molecule has 0 atom stereocenters. The van der Waals surface area contributed by atoms with E-state index in [0.717, 1.165) is 43.0 Å². The molecule has 21 heavy (non-hydrogen) atoms. The van der Waals surface area contributed by atoms with Gasteiger partial charge in [0, 0.05) is 25.8 Å². The Kier molecular flexibility index (Phi) is 5.44. The van der Waals surface area contributed by atoms with Gasteiger partial charge in [-0.3, -0.25) is 4.79 Å². The zero-order chi connectivity index (χ0) is 15.2. The van der Waals surface area contributed by atoms with Crippen molar-refractivity contribution in [3.8, 4) is 11.5 Å². The van der Waals surface area contributed by atoms with Crippen LogP contribution < -0.4 is 9.47 Å². The third-order valence-corrected chi connectivity index (χ3v) is 3.96. The Morgan fingerprint density at radius 1 is 1.19 bits per heavy atom. The van der Waals surface area contributed by atoms with Crippen LogP contribution >= 0.6 is 0 Å². The van der Waals surface area contributed by atoms with Gasteiger partial charge in [-0.2, -0.15) is 0 Å². The quantitative estimate of drug-likeness (QED) is 0.832. The number of benzene rings is 1. The van der Waals surface area contributed by atoms with Crippen LogP contribution in [0.5, 0.6) is 11.5 Å². The van der Waals surface area contributed by atoms with Gasteiger partial charge in [0.2, 0.25) is 5.91 Å². The van der Waals surface area contributed by atoms with Crippen LogP contribution in [0.15, 0.2) is 18.2 Å². The molecule has 0 N–H and O–H groups in total. The molecule has 1 saturated heterocycles. The number of hydrogen-bond acceptors (Lipinski definition) is 4. The lowest BCUT2D eigenvalue weighted by molar-refractivity contribution is -0.132. The number of piperidine rings is 1. The molecule has 1 aliphatic heterocycles. The third-order valence-electron chi connectivity index (χ3n) is 3.96. The highest BCUT2D eigenvalue weighted by molar-refractivity contribution is 5.79. The van der Waals surface area contributed by atoms with E-state index >= 15 is 0 Å². The molecule has 5 heteroatoms. The van der Waals surface area contributed by atoms with Gasteiger partial charge in [-0.05, 0) is 31.0 Å². The molecule has 0 saturated carbocycles. The molecule has 1 fully saturated rings. The lowest BCUT2D eigenvalue weighted by Crippen LogP contribution is -2.41.